The Morgan fingerprint density at radius 3 is 1.32 bits per heavy atom. The van der Waals surface area contributed by atoms with E-state index in [2.05, 4.69) is 29.0 Å². The molecule has 4 heterocycles. The molecule has 2 aromatic heterocycles. The zero-order chi connectivity index (χ0) is 53.5. The van der Waals surface area contributed by atoms with Gasteiger partial charge in [0.2, 0.25) is 0 Å². The lowest BCUT2D eigenvalue weighted by molar-refractivity contribution is 0.0780. The number of benzene rings is 2. The zero-order valence-corrected chi connectivity index (χ0v) is 48.3. The van der Waals surface area contributed by atoms with Crippen molar-refractivity contribution >= 4 is 84.2 Å². The smallest absolute Gasteiger partial charge is 0.299 e. The van der Waals surface area contributed by atoms with E-state index in [0.717, 1.165) is 26.8 Å². The molecule has 2 aromatic carbocycles. The average Bonchev–Trinajstić information content (AvgIpc) is 4.04. The Labute approximate surface area is 436 Å². The van der Waals surface area contributed by atoms with Crippen LogP contribution in [0.2, 0.25) is 0 Å². The molecule has 2 aliphatic rings. The lowest BCUT2D eigenvalue weighted by Crippen LogP contribution is -2.60. The van der Waals surface area contributed by atoms with Gasteiger partial charge in [-0.25, -0.2) is 16.8 Å². The molecule has 71 heavy (non-hydrogen) atoms. The first-order valence-electron chi connectivity index (χ1n) is 23.0. The number of nitrogens with one attached hydrogen (secondary N) is 1. The molecule has 0 aliphatic carbocycles. The minimum atomic E-state index is -3.72. The highest BCUT2D eigenvalue weighted by atomic mass is 35.7. The number of nitrogens with zero attached hydrogens (tertiary/aromatic N) is 7. The van der Waals surface area contributed by atoms with Gasteiger partial charge in [-0.05, 0) is 99.8 Å². The van der Waals surface area contributed by atoms with Gasteiger partial charge < -0.3 is 25.3 Å². The molecule has 0 saturated carbocycles. The molecule has 6 rings (SSSR count). The zero-order valence-electron chi connectivity index (χ0n) is 42.7. The van der Waals surface area contributed by atoms with Gasteiger partial charge in [0.25, 0.3) is 39.5 Å². The van der Waals surface area contributed by atoms with Crippen LogP contribution < -0.4 is 15.1 Å². The lowest BCUT2D eigenvalue weighted by atomic mass is 9.98. The third kappa shape index (κ3) is 16.4. The number of halogens is 1. The number of anilines is 2. The molecule has 0 bridgehead atoms. The van der Waals surface area contributed by atoms with Crippen LogP contribution >= 0.6 is 33.4 Å². The van der Waals surface area contributed by atoms with E-state index in [0.29, 0.717) is 43.0 Å². The van der Waals surface area contributed by atoms with Crippen LogP contribution in [0.15, 0.2) is 92.0 Å². The second-order valence-corrected chi connectivity index (χ2v) is 30.3. The normalized spacial score (nSPS) is 18.3. The molecule has 0 spiro atoms. The molecular weight excluding hydrogens is 1050 g/mol. The second kappa shape index (κ2) is 24.7. The van der Waals surface area contributed by atoms with E-state index in [1.165, 1.54) is 63.8 Å². The van der Waals surface area contributed by atoms with Gasteiger partial charge in [-0.1, -0.05) is 50.2 Å². The van der Waals surface area contributed by atoms with Crippen LogP contribution in [-0.4, -0.2) is 170 Å². The fourth-order valence-electron chi connectivity index (χ4n) is 7.66. The van der Waals surface area contributed by atoms with Gasteiger partial charge in [0.1, 0.15) is 8.42 Å². The summed E-state index contributed by atoms with van der Waals surface area (Å²) in [6.07, 6.45) is 0. The molecule has 2 fully saturated rings. The minimum Gasteiger partial charge on any atom is -0.386 e. The average molecular weight is 1130 g/mol. The van der Waals surface area contributed by atoms with Crippen LogP contribution in [0.5, 0.6) is 0 Å². The topological polar surface area (TPSA) is 212 Å². The van der Waals surface area contributed by atoms with E-state index >= 15 is 0 Å². The molecule has 2 saturated heterocycles. The van der Waals surface area contributed by atoms with Crippen LogP contribution in [0.25, 0.3) is 0 Å². The molecule has 0 radical (unpaired) electrons. The first kappa shape index (κ1) is 60.8. The van der Waals surface area contributed by atoms with Crippen molar-refractivity contribution < 1.29 is 43.9 Å². The summed E-state index contributed by atoms with van der Waals surface area (Å²) in [6, 6.07) is 21.7. The fraction of sp³-hybridized carbons (Fsp3) is 0.565. The van der Waals surface area contributed by atoms with E-state index < -0.39 is 56.7 Å². The molecule has 0 amide bonds. The highest BCUT2D eigenvalue weighted by molar-refractivity contribution is 8.11. The van der Waals surface area contributed by atoms with Crippen molar-refractivity contribution in [1.82, 2.24) is 26.8 Å². The summed E-state index contributed by atoms with van der Waals surface area (Å²) >= 11 is 2.43. The van der Waals surface area contributed by atoms with E-state index in [1.54, 1.807) is 67.0 Å². The molecule has 25 heteroatoms. The van der Waals surface area contributed by atoms with Crippen LogP contribution in [-0.2, 0) is 50.7 Å². The van der Waals surface area contributed by atoms with Gasteiger partial charge in [0, 0.05) is 115 Å². The van der Waals surface area contributed by atoms with Gasteiger partial charge in [0.15, 0.2) is 0 Å². The number of aliphatic hydroxyl groups is 2. The standard InChI is InChI=1S/C23H36N4O5S3.C21H31N3O3S2.C2H6ClNO2S/c1-18(2)27(35(31,32)24(5)6)17-21-16-25(34(29,30)22-8-7-15-33-22)13-14-26(21)20-11-9-19(10-12-20)23(3,4)28;1-16(2)22-14-19-15-23(29(26,27)20-6-5-13-28-20)11-12-24(19)18-9-7-17(8-10-18)21(3,4)25;1-4(2)7(3,5)6/h7-12,15,18,21,28H,13-14,16-17H2,1-6H3;5-10,13,16,19,22,25H,11-12,14-15H2,1-4H3;1-2H3/t21-;19-;/m10./s1. The summed E-state index contributed by atoms with van der Waals surface area (Å²) in [5.74, 6) is 0. The molecule has 400 valence electrons. The number of rotatable bonds is 17. The van der Waals surface area contributed by atoms with Gasteiger partial charge >= 0.3 is 0 Å². The number of hydrogen-bond donors (Lipinski definition) is 3. The Balaban J connectivity index is 0.000000275. The highest BCUT2D eigenvalue weighted by Crippen LogP contribution is 2.31. The second-order valence-electron chi connectivity index (χ2n) is 19.2. The van der Waals surface area contributed by atoms with Crippen molar-refractivity contribution in [2.24, 2.45) is 0 Å². The monoisotopic (exact) mass is 1120 g/mol. The first-order chi connectivity index (χ1) is 32.7. The summed E-state index contributed by atoms with van der Waals surface area (Å²) in [4.78, 5) is 4.33. The molecule has 2 aliphatic heterocycles. The van der Waals surface area contributed by atoms with E-state index in [1.807, 2.05) is 62.4 Å². The Morgan fingerprint density at radius 2 is 1.01 bits per heavy atom. The van der Waals surface area contributed by atoms with Crippen molar-refractivity contribution in [3.05, 3.63) is 94.7 Å². The Morgan fingerprint density at radius 1 is 0.634 bits per heavy atom. The van der Waals surface area contributed by atoms with Crippen molar-refractivity contribution in [2.75, 3.05) is 90.3 Å². The number of sulfonamides is 2. The maximum Gasteiger partial charge on any atom is 0.299 e. The van der Waals surface area contributed by atoms with Crippen LogP contribution in [0.3, 0.4) is 0 Å². The third-order valence-corrected chi connectivity index (χ3v) is 22.1. The van der Waals surface area contributed by atoms with Crippen LogP contribution in [0.1, 0.15) is 66.5 Å². The summed E-state index contributed by atoms with van der Waals surface area (Å²) in [6.45, 7) is 17.9. The molecule has 2 atom stereocenters. The van der Waals surface area contributed by atoms with Crippen molar-refractivity contribution in [1.29, 1.82) is 0 Å². The van der Waals surface area contributed by atoms with Gasteiger partial charge in [-0.2, -0.15) is 38.4 Å². The maximum absolute atomic E-state index is 13.3. The van der Waals surface area contributed by atoms with E-state index in [-0.39, 0.29) is 35.9 Å². The Hall–Kier alpha value is -2.79. The van der Waals surface area contributed by atoms with Crippen LogP contribution in [0, 0.1) is 0 Å². The van der Waals surface area contributed by atoms with Crippen molar-refractivity contribution in [2.45, 2.75) is 99.2 Å². The number of piperazine rings is 2. The number of thiophene rings is 2. The SMILES string of the molecule is CC(C)N(C[C@H]1CN(S(=O)(=O)c2cccs2)CCN1c1ccc(C(C)(C)O)cc1)S(=O)(=O)N(C)C.CC(C)NC[C@H]1CN(S(=O)(=O)c2cccs2)CCN1c1ccc(C(C)(C)O)cc1.CN(C)S(=O)(=O)Cl. The number of hydrogen-bond acceptors (Lipinski definition) is 15. The highest BCUT2D eigenvalue weighted by Gasteiger charge is 2.39. The van der Waals surface area contributed by atoms with Crippen LogP contribution in [0.4, 0.5) is 11.4 Å². The molecule has 18 nitrogen and oxygen atoms in total. The summed E-state index contributed by atoms with van der Waals surface area (Å²) in [7, 11) is -3.82. The van der Waals surface area contributed by atoms with Gasteiger partial charge in [-0.15, -0.1) is 22.7 Å². The van der Waals surface area contributed by atoms with Gasteiger partial charge in [0.05, 0.1) is 23.3 Å². The fourth-order valence-corrected chi connectivity index (χ4v) is 14.2. The summed E-state index contributed by atoms with van der Waals surface area (Å²) < 4.78 is 106. The predicted molar refractivity (Wildman–Crippen MR) is 288 cm³/mol. The molecule has 4 aromatic rings. The third-order valence-electron chi connectivity index (χ3n) is 11.8. The maximum atomic E-state index is 13.3. The first-order valence-corrected chi connectivity index (χ1v) is 31.3. The largest absolute Gasteiger partial charge is 0.386 e. The lowest BCUT2D eigenvalue weighted by Gasteiger charge is -2.44. The quantitative estimate of drug-likeness (QED) is 0.115. The molecule has 0 unspecified atom stereocenters. The summed E-state index contributed by atoms with van der Waals surface area (Å²) in [5.41, 5.74) is 1.64. The van der Waals surface area contributed by atoms with Crippen molar-refractivity contribution in [3.63, 3.8) is 0 Å². The molecule has 3 N–H and O–H groups in total. The Bertz CT molecular complexity index is 2730. The van der Waals surface area contributed by atoms with Gasteiger partial charge in [-0.3, -0.25) is 0 Å². The summed E-state index contributed by atoms with van der Waals surface area (Å²) in [5, 5.41) is 27.5. The Kier molecular flexibility index (Phi) is 21.1. The minimum absolute atomic E-state index is 0.0221. The van der Waals surface area contributed by atoms with E-state index in [4.69, 9.17) is 10.7 Å². The predicted octanol–water partition coefficient (Wildman–Crippen LogP) is 5.26. The van der Waals surface area contributed by atoms with E-state index in [9.17, 15) is 43.9 Å². The molecular formula is C46H73ClN8O10S6. The van der Waals surface area contributed by atoms with Crippen molar-refractivity contribution in [3.8, 4) is 0 Å².